The minimum atomic E-state index is -0.963. The predicted molar refractivity (Wildman–Crippen MR) is 72.4 cm³/mol. The standard InChI is InChI=1S/C13H17BrFNO2/c1-9(16)6-7-13(17-2,18-3)11-5-4-10(15)8-12(11)14/h4-5,8H,1,6-7,16H2,2-3H3. The largest absolute Gasteiger partial charge is 0.403 e. The molecule has 1 aromatic rings. The number of rotatable bonds is 6. The number of methoxy groups -OCH3 is 2. The molecule has 0 atom stereocenters. The van der Waals surface area contributed by atoms with Crippen LogP contribution in [0.3, 0.4) is 0 Å². The van der Waals surface area contributed by atoms with Gasteiger partial charge in [-0.2, -0.15) is 0 Å². The fourth-order valence-electron chi connectivity index (χ4n) is 1.77. The topological polar surface area (TPSA) is 44.5 Å². The Morgan fingerprint density at radius 3 is 2.50 bits per heavy atom. The summed E-state index contributed by atoms with van der Waals surface area (Å²) in [6.45, 7) is 3.65. The van der Waals surface area contributed by atoms with Crippen molar-refractivity contribution in [2.24, 2.45) is 5.73 Å². The Hall–Kier alpha value is -0.910. The lowest BCUT2D eigenvalue weighted by Gasteiger charge is -2.32. The molecule has 1 aromatic carbocycles. The summed E-state index contributed by atoms with van der Waals surface area (Å²) >= 11 is 3.32. The molecule has 1 rings (SSSR count). The first kappa shape index (κ1) is 15.1. The molecule has 18 heavy (non-hydrogen) atoms. The number of halogens is 2. The van der Waals surface area contributed by atoms with Crippen molar-refractivity contribution in [1.29, 1.82) is 0 Å². The Kier molecular flexibility index (Phi) is 5.31. The maximum absolute atomic E-state index is 13.1. The highest BCUT2D eigenvalue weighted by atomic mass is 79.9. The quantitative estimate of drug-likeness (QED) is 0.819. The molecule has 0 aliphatic rings. The number of hydrogen-bond donors (Lipinski definition) is 1. The van der Waals surface area contributed by atoms with Crippen LogP contribution in [0, 0.1) is 5.82 Å². The van der Waals surface area contributed by atoms with E-state index < -0.39 is 5.79 Å². The molecule has 0 radical (unpaired) electrons. The molecule has 0 amide bonds. The summed E-state index contributed by atoms with van der Waals surface area (Å²) in [4.78, 5) is 0. The van der Waals surface area contributed by atoms with Crippen molar-refractivity contribution < 1.29 is 13.9 Å². The highest BCUT2D eigenvalue weighted by molar-refractivity contribution is 9.10. The van der Waals surface area contributed by atoms with E-state index in [0.717, 1.165) is 5.56 Å². The van der Waals surface area contributed by atoms with E-state index in [4.69, 9.17) is 15.2 Å². The fourth-order valence-corrected chi connectivity index (χ4v) is 2.42. The van der Waals surface area contributed by atoms with Gasteiger partial charge >= 0.3 is 0 Å². The molecule has 0 spiro atoms. The highest BCUT2D eigenvalue weighted by Crippen LogP contribution is 2.36. The molecule has 0 saturated carbocycles. The monoisotopic (exact) mass is 317 g/mol. The van der Waals surface area contributed by atoms with Crippen molar-refractivity contribution in [3.63, 3.8) is 0 Å². The van der Waals surface area contributed by atoms with Gasteiger partial charge in [-0.1, -0.05) is 22.5 Å². The summed E-state index contributed by atoms with van der Waals surface area (Å²) < 4.78 is 24.6. The van der Waals surface area contributed by atoms with Crippen LogP contribution in [-0.2, 0) is 15.3 Å². The molecule has 5 heteroatoms. The first-order valence-electron chi connectivity index (χ1n) is 5.44. The Morgan fingerprint density at radius 1 is 1.44 bits per heavy atom. The fraction of sp³-hybridized carbons (Fsp3) is 0.385. The molecular weight excluding hydrogens is 301 g/mol. The molecule has 3 nitrogen and oxygen atoms in total. The second kappa shape index (κ2) is 6.31. The molecule has 100 valence electrons. The first-order chi connectivity index (χ1) is 8.45. The van der Waals surface area contributed by atoms with Crippen molar-refractivity contribution in [1.82, 2.24) is 0 Å². The third-order valence-electron chi connectivity index (χ3n) is 2.78. The Balaban J connectivity index is 3.13. The predicted octanol–water partition coefficient (Wildman–Crippen LogP) is 3.29. The Morgan fingerprint density at radius 2 is 2.06 bits per heavy atom. The van der Waals surface area contributed by atoms with Crippen LogP contribution < -0.4 is 5.73 Å². The Labute approximate surface area is 115 Å². The number of nitrogens with two attached hydrogens (primary N) is 1. The van der Waals surface area contributed by atoms with Gasteiger partial charge in [0.15, 0.2) is 5.79 Å². The van der Waals surface area contributed by atoms with Gasteiger partial charge in [-0.15, -0.1) is 0 Å². The van der Waals surface area contributed by atoms with Crippen molar-refractivity contribution >= 4 is 15.9 Å². The van der Waals surface area contributed by atoms with Crippen molar-refractivity contribution in [3.05, 3.63) is 46.3 Å². The van der Waals surface area contributed by atoms with Gasteiger partial charge in [0.05, 0.1) is 0 Å². The summed E-state index contributed by atoms with van der Waals surface area (Å²) in [6, 6.07) is 4.37. The average molecular weight is 318 g/mol. The van der Waals surface area contributed by atoms with E-state index in [1.54, 1.807) is 20.3 Å². The van der Waals surface area contributed by atoms with Crippen LogP contribution in [0.5, 0.6) is 0 Å². The average Bonchev–Trinajstić information content (AvgIpc) is 2.32. The lowest BCUT2D eigenvalue weighted by molar-refractivity contribution is -0.220. The van der Waals surface area contributed by atoms with Gasteiger partial charge in [-0.25, -0.2) is 4.39 Å². The van der Waals surface area contributed by atoms with E-state index in [1.807, 2.05) is 0 Å². The second-order valence-electron chi connectivity index (χ2n) is 3.94. The molecule has 0 aromatic heterocycles. The van der Waals surface area contributed by atoms with Crippen LogP contribution in [0.1, 0.15) is 18.4 Å². The van der Waals surface area contributed by atoms with Crippen LogP contribution in [0.4, 0.5) is 4.39 Å². The number of benzene rings is 1. The molecular formula is C13H17BrFNO2. The van der Waals surface area contributed by atoms with Gasteiger partial charge in [0.25, 0.3) is 0 Å². The molecule has 0 unspecified atom stereocenters. The third kappa shape index (κ3) is 3.31. The lowest BCUT2D eigenvalue weighted by atomic mass is 9.99. The maximum Gasteiger partial charge on any atom is 0.195 e. The van der Waals surface area contributed by atoms with Crippen LogP contribution in [0.25, 0.3) is 0 Å². The van der Waals surface area contributed by atoms with E-state index in [-0.39, 0.29) is 5.82 Å². The smallest absolute Gasteiger partial charge is 0.195 e. The Bertz CT molecular complexity index is 433. The van der Waals surface area contributed by atoms with E-state index in [2.05, 4.69) is 22.5 Å². The molecule has 2 N–H and O–H groups in total. The summed E-state index contributed by atoms with van der Waals surface area (Å²) in [5.74, 6) is -1.29. The minimum absolute atomic E-state index is 0.324. The number of ether oxygens (including phenoxy) is 2. The van der Waals surface area contributed by atoms with E-state index in [0.29, 0.717) is 23.0 Å². The zero-order chi connectivity index (χ0) is 13.8. The van der Waals surface area contributed by atoms with Crippen LogP contribution in [0.2, 0.25) is 0 Å². The molecule has 0 fully saturated rings. The summed E-state index contributed by atoms with van der Waals surface area (Å²) in [5, 5.41) is 0. The SMILES string of the molecule is C=C(N)CCC(OC)(OC)c1ccc(F)cc1Br. The van der Waals surface area contributed by atoms with Gasteiger partial charge in [0.2, 0.25) is 0 Å². The van der Waals surface area contributed by atoms with Crippen molar-refractivity contribution in [2.45, 2.75) is 18.6 Å². The van der Waals surface area contributed by atoms with Gasteiger partial charge < -0.3 is 15.2 Å². The van der Waals surface area contributed by atoms with Crippen molar-refractivity contribution in [3.8, 4) is 0 Å². The number of hydrogen-bond acceptors (Lipinski definition) is 3. The molecule has 0 aliphatic heterocycles. The second-order valence-corrected chi connectivity index (χ2v) is 4.80. The summed E-state index contributed by atoms with van der Waals surface area (Å²) in [5.41, 5.74) is 6.84. The van der Waals surface area contributed by atoms with E-state index in [9.17, 15) is 4.39 Å². The van der Waals surface area contributed by atoms with Crippen LogP contribution in [0.15, 0.2) is 34.9 Å². The minimum Gasteiger partial charge on any atom is -0.403 e. The summed E-state index contributed by atoms with van der Waals surface area (Å²) in [6.07, 6.45) is 1.05. The highest BCUT2D eigenvalue weighted by Gasteiger charge is 2.33. The molecule has 0 saturated heterocycles. The van der Waals surface area contributed by atoms with Gasteiger partial charge in [-0.3, -0.25) is 0 Å². The maximum atomic E-state index is 13.1. The van der Waals surface area contributed by atoms with E-state index >= 15 is 0 Å². The molecule has 0 aliphatic carbocycles. The summed E-state index contributed by atoms with van der Waals surface area (Å²) in [7, 11) is 3.08. The van der Waals surface area contributed by atoms with Gasteiger partial charge in [-0.05, 0) is 24.6 Å². The van der Waals surface area contributed by atoms with Crippen molar-refractivity contribution in [2.75, 3.05) is 14.2 Å². The van der Waals surface area contributed by atoms with Gasteiger partial charge in [0, 0.05) is 36.4 Å². The third-order valence-corrected chi connectivity index (χ3v) is 3.43. The number of allylic oxidation sites excluding steroid dienone is 1. The van der Waals surface area contributed by atoms with Crippen LogP contribution in [-0.4, -0.2) is 14.2 Å². The molecule has 0 heterocycles. The van der Waals surface area contributed by atoms with E-state index in [1.165, 1.54) is 12.1 Å². The lowest BCUT2D eigenvalue weighted by Crippen LogP contribution is -2.31. The first-order valence-corrected chi connectivity index (χ1v) is 6.23. The normalized spacial score (nSPS) is 11.6. The molecule has 0 bridgehead atoms. The van der Waals surface area contributed by atoms with Gasteiger partial charge in [0.1, 0.15) is 5.82 Å². The zero-order valence-corrected chi connectivity index (χ0v) is 12.1. The van der Waals surface area contributed by atoms with Crippen LogP contribution >= 0.6 is 15.9 Å². The zero-order valence-electron chi connectivity index (χ0n) is 10.5.